The van der Waals surface area contributed by atoms with Gasteiger partial charge in [0.05, 0.1) is 0 Å². The van der Waals surface area contributed by atoms with Gasteiger partial charge < -0.3 is 9.64 Å². The predicted octanol–water partition coefficient (Wildman–Crippen LogP) is 1.88. The molecule has 0 radical (unpaired) electrons. The number of amides is 3. The van der Waals surface area contributed by atoms with Gasteiger partial charge in [-0.05, 0) is 49.9 Å². The number of fused-ring (bicyclic) bond motifs is 2. The Labute approximate surface area is 150 Å². The van der Waals surface area contributed by atoms with Gasteiger partial charge in [-0.3, -0.25) is 19.3 Å². The van der Waals surface area contributed by atoms with Crippen LogP contribution in [-0.4, -0.2) is 52.3 Å². The van der Waals surface area contributed by atoms with Crippen molar-refractivity contribution in [3.05, 3.63) is 30.1 Å². The highest BCUT2D eigenvalue weighted by molar-refractivity contribution is 6.02. The van der Waals surface area contributed by atoms with Gasteiger partial charge in [0.2, 0.25) is 11.8 Å². The molecule has 3 saturated heterocycles. The molecule has 138 valence electrons. The fraction of sp³-hybridized carbons (Fsp3) is 0.526. The summed E-state index contributed by atoms with van der Waals surface area (Å²) in [6, 6.07) is 5.57. The third-order valence-electron chi connectivity index (χ3n) is 5.63. The maximum Gasteiger partial charge on any atom is 0.261 e. The number of carbonyl (C=O) groups is 3. The Kier molecular flexibility index (Phi) is 4.38. The molecule has 7 heteroatoms. The molecule has 0 aromatic heterocycles. The second-order valence-electron chi connectivity index (χ2n) is 7.21. The maximum absolute atomic E-state index is 12.9. The van der Waals surface area contributed by atoms with Crippen LogP contribution in [0.25, 0.3) is 0 Å². The number of halogens is 1. The summed E-state index contributed by atoms with van der Waals surface area (Å²) in [7, 11) is 0. The number of likely N-dealkylation sites (tertiary alicyclic amines) is 1. The molecule has 3 heterocycles. The van der Waals surface area contributed by atoms with Crippen LogP contribution in [0.2, 0.25) is 0 Å². The molecule has 26 heavy (non-hydrogen) atoms. The van der Waals surface area contributed by atoms with Crippen LogP contribution in [0.3, 0.4) is 0 Å². The van der Waals surface area contributed by atoms with Gasteiger partial charge >= 0.3 is 0 Å². The monoisotopic (exact) mass is 360 g/mol. The number of rotatable bonds is 4. The third kappa shape index (κ3) is 3.06. The quantitative estimate of drug-likeness (QED) is 0.769. The Morgan fingerprint density at radius 2 is 1.58 bits per heavy atom. The van der Waals surface area contributed by atoms with Crippen LogP contribution in [0.15, 0.2) is 24.3 Å². The van der Waals surface area contributed by atoms with E-state index in [-0.39, 0.29) is 48.3 Å². The molecule has 1 aromatic carbocycles. The fourth-order valence-corrected chi connectivity index (χ4v) is 4.52. The maximum atomic E-state index is 12.9. The lowest BCUT2D eigenvalue weighted by Crippen LogP contribution is -2.54. The first-order chi connectivity index (χ1) is 12.5. The van der Waals surface area contributed by atoms with Crippen molar-refractivity contribution < 1.29 is 23.5 Å². The molecular formula is C19H21FN2O4. The summed E-state index contributed by atoms with van der Waals surface area (Å²) in [5, 5.41) is 0. The normalized spacial score (nSPS) is 28.0. The molecule has 3 aliphatic rings. The van der Waals surface area contributed by atoms with Crippen molar-refractivity contribution in [1.82, 2.24) is 9.80 Å². The Morgan fingerprint density at radius 1 is 1.00 bits per heavy atom. The smallest absolute Gasteiger partial charge is 0.261 e. The van der Waals surface area contributed by atoms with Crippen LogP contribution >= 0.6 is 0 Å². The summed E-state index contributed by atoms with van der Waals surface area (Å²) in [6.07, 6.45) is 3.68. The van der Waals surface area contributed by atoms with E-state index in [1.165, 1.54) is 29.2 Å². The van der Waals surface area contributed by atoms with E-state index in [0.29, 0.717) is 31.4 Å². The molecule has 2 bridgehead atoms. The van der Waals surface area contributed by atoms with Crippen molar-refractivity contribution >= 4 is 17.7 Å². The SMILES string of the molecule is O=C1CCC(=O)N1C1CC2CCC(C1)N2C(=O)COc1ccc(F)cc1. The zero-order chi connectivity index (χ0) is 18.3. The van der Waals surface area contributed by atoms with E-state index in [1.54, 1.807) is 0 Å². The lowest BCUT2D eigenvalue weighted by Gasteiger charge is -2.41. The first-order valence-electron chi connectivity index (χ1n) is 9.07. The Balaban J connectivity index is 1.38. The molecule has 0 aliphatic carbocycles. The molecule has 3 fully saturated rings. The predicted molar refractivity (Wildman–Crippen MR) is 89.7 cm³/mol. The highest BCUT2D eigenvalue weighted by Gasteiger charge is 2.47. The van der Waals surface area contributed by atoms with Crippen molar-refractivity contribution in [1.29, 1.82) is 0 Å². The lowest BCUT2D eigenvalue weighted by atomic mass is 9.96. The van der Waals surface area contributed by atoms with Crippen LogP contribution < -0.4 is 4.74 Å². The summed E-state index contributed by atoms with van der Waals surface area (Å²) in [4.78, 5) is 39.9. The molecule has 2 atom stereocenters. The minimum atomic E-state index is -0.352. The minimum Gasteiger partial charge on any atom is -0.484 e. The number of benzene rings is 1. The summed E-state index contributed by atoms with van der Waals surface area (Å²) in [5.74, 6) is -0.165. The zero-order valence-electron chi connectivity index (χ0n) is 14.4. The highest BCUT2D eigenvalue weighted by Crippen LogP contribution is 2.39. The van der Waals surface area contributed by atoms with Crippen LogP contribution in [0.1, 0.15) is 38.5 Å². The molecule has 4 rings (SSSR count). The van der Waals surface area contributed by atoms with E-state index in [4.69, 9.17) is 4.74 Å². The van der Waals surface area contributed by atoms with E-state index in [0.717, 1.165) is 12.8 Å². The molecule has 0 N–H and O–H groups in total. The van der Waals surface area contributed by atoms with E-state index in [2.05, 4.69) is 0 Å². The second kappa shape index (κ2) is 6.70. The van der Waals surface area contributed by atoms with E-state index in [1.807, 2.05) is 4.90 Å². The van der Waals surface area contributed by atoms with E-state index in [9.17, 15) is 18.8 Å². The first-order valence-corrected chi connectivity index (χ1v) is 9.07. The molecule has 6 nitrogen and oxygen atoms in total. The molecule has 3 amide bonds. The summed E-state index contributed by atoms with van der Waals surface area (Å²) in [5.41, 5.74) is 0. The van der Waals surface area contributed by atoms with Crippen molar-refractivity contribution in [2.24, 2.45) is 0 Å². The average molecular weight is 360 g/mol. The number of nitrogens with zero attached hydrogens (tertiary/aromatic N) is 2. The van der Waals surface area contributed by atoms with Gasteiger partial charge in [0.1, 0.15) is 11.6 Å². The number of hydrogen-bond acceptors (Lipinski definition) is 4. The highest BCUT2D eigenvalue weighted by atomic mass is 19.1. The number of piperidine rings is 1. The van der Waals surface area contributed by atoms with Gasteiger partial charge in [-0.1, -0.05) is 0 Å². The summed E-state index contributed by atoms with van der Waals surface area (Å²) >= 11 is 0. The van der Waals surface area contributed by atoms with Crippen molar-refractivity contribution in [3.8, 4) is 5.75 Å². The Hall–Kier alpha value is -2.44. The number of carbonyl (C=O) groups excluding carboxylic acids is 3. The molecule has 0 spiro atoms. The topological polar surface area (TPSA) is 66.9 Å². The molecule has 3 aliphatic heterocycles. The average Bonchev–Trinajstić information content (AvgIpc) is 3.10. The zero-order valence-corrected chi connectivity index (χ0v) is 14.4. The van der Waals surface area contributed by atoms with E-state index >= 15 is 0 Å². The Morgan fingerprint density at radius 3 is 2.15 bits per heavy atom. The second-order valence-corrected chi connectivity index (χ2v) is 7.21. The Bertz CT molecular complexity index is 706. The molecule has 2 unspecified atom stereocenters. The van der Waals surface area contributed by atoms with Crippen LogP contribution in [0.4, 0.5) is 4.39 Å². The lowest BCUT2D eigenvalue weighted by molar-refractivity contribution is -0.145. The van der Waals surface area contributed by atoms with E-state index < -0.39 is 0 Å². The number of imide groups is 1. The largest absolute Gasteiger partial charge is 0.484 e. The summed E-state index contributed by atoms with van der Waals surface area (Å²) in [6.45, 7) is -0.0924. The summed E-state index contributed by atoms with van der Waals surface area (Å²) < 4.78 is 18.4. The van der Waals surface area contributed by atoms with Crippen LogP contribution in [-0.2, 0) is 14.4 Å². The van der Waals surface area contributed by atoms with Gasteiger partial charge in [-0.15, -0.1) is 0 Å². The van der Waals surface area contributed by atoms with Gasteiger partial charge in [0, 0.05) is 31.0 Å². The minimum absolute atomic E-state index is 0.0456. The fourth-order valence-electron chi connectivity index (χ4n) is 4.52. The van der Waals surface area contributed by atoms with Gasteiger partial charge in [0.15, 0.2) is 6.61 Å². The third-order valence-corrected chi connectivity index (χ3v) is 5.63. The molecule has 0 saturated carbocycles. The van der Waals surface area contributed by atoms with Gasteiger partial charge in [-0.2, -0.15) is 0 Å². The van der Waals surface area contributed by atoms with Gasteiger partial charge in [0.25, 0.3) is 5.91 Å². The van der Waals surface area contributed by atoms with Crippen molar-refractivity contribution in [3.63, 3.8) is 0 Å². The van der Waals surface area contributed by atoms with Gasteiger partial charge in [-0.25, -0.2) is 4.39 Å². The van der Waals surface area contributed by atoms with Crippen molar-refractivity contribution in [2.75, 3.05) is 6.61 Å². The number of ether oxygens (including phenoxy) is 1. The van der Waals surface area contributed by atoms with Crippen LogP contribution in [0, 0.1) is 5.82 Å². The van der Waals surface area contributed by atoms with Crippen molar-refractivity contribution in [2.45, 2.75) is 56.7 Å². The van der Waals surface area contributed by atoms with Crippen LogP contribution in [0.5, 0.6) is 5.75 Å². The molecule has 1 aromatic rings. The first kappa shape index (κ1) is 17.0. The molecular weight excluding hydrogens is 339 g/mol. The number of hydrogen-bond donors (Lipinski definition) is 0. The standard InChI is InChI=1S/C19H21FN2O4/c20-12-1-5-16(6-2-12)26-11-19(25)21-13-3-4-14(21)10-15(9-13)22-17(23)7-8-18(22)24/h1-2,5-6,13-15H,3-4,7-11H2.